The molecule has 0 radical (unpaired) electrons. The summed E-state index contributed by atoms with van der Waals surface area (Å²) in [7, 11) is 0. The molecule has 0 unspecified atom stereocenters. The Bertz CT molecular complexity index is 943. The van der Waals surface area contributed by atoms with Crippen molar-refractivity contribution in [1.82, 2.24) is 4.98 Å². The van der Waals surface area contributed by atoms with E-state index in [1.165, 1.54) is 0 Å². The molecule has 1 aliphatic heterocycles. The number of ether oxygens (including phenoxy) is 3. The minimum absolute atomic E-state index is 0.116. The van der Waals surface area contributed by atoms with Gasteiger partial charge in [0.2, 0.25) is 0 Å². The van der Waals surface area contributed by atoms with Crippen molar-refractivity contribution in [2.24, 2.45) is 11.1 Å². The number of primary amides is 1. The van der Waals surface area contributed by atoms with Gasteiger partial charge in [-0.05, 0) is 44.9 Å². The van der Waals surface area contributed by atoms with E-state index in [1.54, 1.807) is 32.9 Å². The normalized spacial score (nSPS) is 15.9. The first kappa shape index (κ1) is 24.3. The Morgan fingerprint density at radius 2 is 1.87 bits per heavy atom. The number of carbonyl (C=O) groups is 2. The minimum atomic E-state index is -1.13. The molecule has 3 N–H and O–H groups in total. The summed E-state index contributed by atoms with van der Waals surface area (Å²) >= 11 is 0. The molecule has 2 heterocycles. The molecule has 1 aromatic heterocycles. The van der Waals surface area contributed by atoms with E-state index in [0.717, 1.165) is 28.6 Å². The van der Waals surface area contributed by atoms with E-state index < -0.39 is 23.1 Å². The van der Waals surface area contributed by atoms with Crippen molar-refractivity contribution in [2.75, 3.05) is 20.0 Å². The van der Waals surface area contributed by atoms with Crippen LogP contribution in [0, 0.1) is 5.41 Å². The monoisotopic (exact) mass is 430 g/mol. The lowest BCUT2D eigenvalue weighted by Crippen LogP contribution is -2.42. The molecular weight excluding hydrogens is 400 g/mol. The van der Waals surface area contributed by atoms with Gasteiger partial charge in [0, 0.05) is 11.1 Å². The molecule has 8 heteroatoms. The minimum Gasteiger partial charge on any atom is -0.480 e. The van der Waals surface area contributed by atoms with E-state index in [9.17, 15) is 14.7 Å². The van der Waals surface area contributed by atoms with E-state index in [4.69, 9.17) is 15.2 Å². The molecule has 1 aromatic carbocycles. The lowest BCUT2D eigenvalue weighted by Gasteiger charge is -2.29. The molecule has 8 nitrogen and oxygen atoms in total. The molecule has 0 saturated carbocycles. The number of nitrogens with zero attached hydrogens (tertiary/aromatic N) is 1. The van der Waals surface area contributed by atoms with Crippen LogP contribution in [0.15, 0.2) is 36.4 Å². The Labute approximate surface area is 182 Å². The standard InChI is InChI=1S/C18H19NO4.C5H11NO2/c1-2-15-6-5-14-4-3-13(9-16(14)19-15)7-8-18(17(20)21)10-22-12-23-11-18;1-5(2,3)8-4(6)7/h3-9H,2,10-12H2,1H3,(H,20,21);1-3H3,(H2,6,7)/b8-7+;. The highest BCUT2D eigenvalue weighted by Crippen LogP contribution is 2.26. The van der Waals surface area contributed by atoms with Gasteiger partial charge in [-0.3, -0.25) is 9.78 Å². The number of amides is 1. The van der Waals surface area contributed by atoms with Gasteiger partial charge in [-0.15, -0.1) is 0 Å². The molecule has 1 amide bonds. The molecular formula is C23H30N2O6. The summed E-state index contributed by atoms with van der Waals surface area (Å²) in [4.78, 5) is 26.2. The Kier molecular flexibility index (Phi) is 8.13. The molecule has 0 spiro atoms. The second kappa shape index (κ2) is 10.4. The summed E-state index contributed by atoms with van der Waals surface area (Å²) in [5.74, 6) is -0.944. The van der Waals surface area contributed by atoms with Crippen LogP contribution in [0.4, 0.5) is 4.79 Å². The van der Waals surface area contributed by atoms with Crippen molar-refractivity contribution in [3.63, 3.8) is 0 Å². The number of benzene rings is 1. The smallest absolute Gasteiger partial charge is 0.405 e. The number of carboxylic acids is 1. The maximum Gasteiger partial charge on any atom is 0.405 e. The fraction of sp³-hybridized carbons (Fsp3) is 0.435. The second-order valence-corrected chi connectivity index (χ2v) is 8.25. The highest BCUT2D eigenvalue weighted by molar-refractivity contribution is 5.83. The summed E-state index contributed by atoms with van der Waals surface area (Å²) in [6.45, 7) is 7.72. The largest absolute Gasteiger partial charge is 0.480 e. The molecule has 3 rings (SSSR count). The molecule has 0 atom stereocenters. The molecule has 168 valence electrons. The first-order valence-electron chi connectivity index (χ1n) is 10.0. The summed E-state index contributed by atoms with van der Waals surface area (Å²) in [5, 5.41) is 10.5. The Morgan fingerprint density at radius 1 is 1.23 bits per heavy atom. The van der Waals surface area contributed by atoms with Gasteiger partial charge in [0.1, 0.15) is 17.8 Å². The van der Waals surface area contributed by atoms with Crippen LogP contribution in [-0.4, -0.2) is 47.8 Å². The number of hydrogen-bond acceptors (Lipinski definition) is 6. The average molecular weight is 431 g/mol. The fourth-order valence-corrected chi connectivity index (χ4v) is 2.87. The Morgan fingerprint density at radius 3 is 2.39 bits per heavy atom. The molecule has 1 saturated heterocycles. The van der Waals surface area contributed by atoms with Gasteiger partial charge in [-0.2, -0.15) is 0 Å². The molecule has 1 aliphatic rings. The van der Waals surface area contributed by atoms with Crippen molar-refractivity contribution in [2.45, 2.75) is 39.7 Å². The molecule has 2 aromatic rings. The van der Waals surface area contributed by atoms with Crippen LogP contribution in [0.5, 0.6) is 0 Å². The van der Waals surface area contributed by atoms with Crippen LogP contribution in [0.25, 0.3) is 17.0 Å². The van der Waals surface area contributed by atoms with Crippen molar-refractivity contribution >= 4 is 29.0 Å². The van der Waals surface area contributed by atoms with Crippen molar-refractivity contribution in [3.05, 3.63) is 47.7 Å². The van der Waals surface area contributed by atoms with Crippen LogP contribution in [-0.2, 0) is 25.4 Å². The third-order valence-corrected chi connectivity index (χ3v) is 4.45. The average Bonchev–Trinajstić information content (AvgIpc) is 2.71. The van der Waals surface area contributed by atoms with Crippen LogP contribution < -0.4 is 5.73 Å². The number of aromatic nitrogens is 1. The molecule has 0 aliphatic carbocycles. The van der Waals surface area contributed by atoms with Crippen molar-refractivity contribution in [1.29, 1.82) is 0 Å². The van der Waals surface area contributed by atoms with Crippen LogP contribution in [0.1, 0.15) is 39.0 Å². The molecule has 0 bridgehead atoms. The highest BCUT2D eigenvalue weighted by Gasteiger charge is 2.39. The number of carbonyl (C=O) groups excluding carboxylic acids is 1. The second-order valence-electron chi connectivity index (χ2n) is 8.25. The lowest BCUT2D eigenvalue weighted by molar-refractivity contribution is -0.180. The van der Waals surface area contributed by atoms with Gasteiger partial charge in [0.15, 0.2) is 0 Å². The van der Waals surface area contributed by atoms with Crippen molar-refractivity contribution in [3.8, 4) is 0 Å². The van der Waals surface area contributed by atoms with Gasteiger partial charge in [-0.25, -0.2) is 4.79 Å². The fourth-order valence-electron chi connectivity index (χ4n) is 2.87. The lowest BCUT2D eigenvalue weighted by atomic mass is 9.88. The Hall–Kier alpha value is -2.97. The third-order valence-electron chi connectivity index (χ3n) is 4.45. The van der Waals surface area contributed by atoms with E-state index in [1.807, 2.05) is 24.3 Å². The number of rotatable bonds is 4. The molecule has 1 fully saturated rings. The quantitative estimate of drug-likeness (QED) is 0.757. The number of hydrogen-bond donors (Lipinski definition) is 2. The summed E-state index contributed by atoms with van der Waals surface area (Å²) in [6.07, 6.45) is 3.61. The number of carboxylic acid groups (broad SMARTS) is 1. The van der Waals surface area contributed by atoms with Gasteiger partial charge < -0.3 is 25.1 Å². The maximum absolute atomic E-state index is 11.6. The predicted molar refractivity (Wildman–Crippen MR) is 117 cm³/mol. The van der Waals surface area contributed by atoms with Gasteiger partial charge >= 0.3 is 12.1 Å². The predicted octanol–water partition coefficient (Wildman–Crippen LogP) is 3.77. The third kappa shape index (κ3) is 7.34. The number of aryl methyl sites for hydroxylation is 1. The Balaban J connectivity index is 0.000000366. The van der Waals surface area contributed by atoms with Crippen LogP contribution in [0.3, 0.4) is 0 Å². The summed E-state index contributed by atoms with van der Waals surface area (Å²) in [5.41, 5.74) is 5.98. The highest BCUT2D eigenvalue weighted by atomic mass is 16.7. The van der Waals surface area contributed by atoms with Gasteiger partial charge in [0.05, 0.1) is 18.7 Å². The first-order chi connectivity index (χ1) is 14.5. The number of fused-ring (bicyclic) bond motifs is 1. The van der Waals surface area contributed by atoms with E-state index in [2.05, 4.69) is 22.7 Å². The SMILES string of the molecule is CC(C)(C)OC(N)=O.CCc1ccc2ccc(/C=C/C3(C(=O)O)COCOC3)cc2n1. The zero-order chi connectivity index (χ0) is 23.1. The first-order valence-corrected chi connectivity index (χ1v) is 10.0. The number of aliphatic carboxylic acids is 1. The zero-order valence-electron chi connectivity index (χ0n) is 18.4. The number of pyridine rings is 1. The van der Waals surface area contributed by atoms with Gasteiger partial charge in [-0.1, -0.05) is 37.3 Å². The van der Waals surface area contributed by atoms with E-state index in [0.29, 0.717) is 0 Å². The van der Waals surface area contributed by atoms with Crippen LogP contribution >= 0.6 is 0 Å². The summed E-state index contributed by atoms with van der Waals surface area (Å²) in [6, 6.07) is 9.98. The number of nitrogens with two attached hydrogens (primary N) is 1. The topological polar surface area (TPSA) is 121 Å². The summed E-state index contributed by atoms with van der Waals surface area (Å²) < 4.78 is 14.9. The molecule has 31 heavy (non-hydrogen) atoms. The van der Waals surface area contributed by atoms with Crippen LogP contribution in [0.2, 0.25) is 0 Å². The van der Waals surface area contributed by atoms with Crippen molar-refractivity contribution < 1.29 is 28.9 Å². The van der Waals surface area contributed by atoms with Gasteiger partial charge in [0.25, 0.3) is 0 Å². The maximum atomic E-state index is 11.6. The zero-order valence-corrected chi connectivity index (χ0v) is 18.4. The van der Waals surface area contributed by atoms with E-state index in [-0.39, 0.29) is 20.0 Å². The van der Waals surface area contributed by atoms with E-state index >= 15 is 0 Å².